The first kappa shape index (κ1) is 12.6. The zero-order chi connectivity index (χ0) is 13.1. The van der Waals surface area contributed by atoms with Crippen molar-refractivity contribution in [2.24, 2.45) is 5.92 Å². The van der Waals surface area contributed by atoms with E-state index in [-0.39, 0.29) is 0 Å². The lowest BCUT2D eigenvalue weighted by molar-refractivity contribution is 0.157. The first-order valence-electron chi connectivity index (χ1n) is 6.93. The first-order valence-corrected chi connectivity index (χ1v) is 6.93. The highest BCUT2D eigenvalue weighted by atomic mass is 16.5. The normalized spacial score (nSPS) is 16.7. The van der Waals surface area contributed by atoms with Crippen LogP contribution < -0.4 is 5.32 Å². The molecular weight excluding hydrogens is 236 g/mol. The predicted molar refractivity (Wildman–Crippen MR) is 77.0 cm³/mol. The second-order valence-corrected chi connectivity index (χ2v) is 5.27. The van der Waals surface area contributed by atoms with Gasteiger partial charge in [-0.05, 0) is 30.4 Å². The molecule has 3 rings (SSSR count). The van der Waals surface area contributed by atoms with Gasteiger partial charge in [-0.1, -0.05) is 24.3 Å². The Labute approximate surface area is 114 Å². The van der Waals surface area contributed by atoms with Crippen LogP contribution in [0.2, 0.25) is 0 Å². The van der Waals surface area contributed by atoms with Crippen molar-refractivity contribution in [3.05, 3.63) is 42.1 Å². The SMILES string of the molecule is COCC(NCc1cccc2cccnc12)C1CC1. The third-order valence-electron chi connectivity index (χ3n) is 3.81. The number of hydrogen-bond donors (Lipinski definition) is 1. The maximum atomic E-state index is 5.30. The van der Waals surface area contributed by atoms with Gasteiger partial charge in [0.15, 0.2) is 0 Å². The molecule has 3 heteroatoms. The standard InChI is InChI=1S/C16H20N2O/c1-19-11-15(12-7-8-12)18-10-14-5-2-4-13-6-3-9-17-16(13)14/h2-6,9,12,15,18H,7-8,10-11H2,1H3. The van der Waals surface area contributed by atoms with E-state index in [9.17, 15) is 0 Å². The molecule has 3 nitrogen and oxygen atoms in total. The minimum absolute atomic E-state index is 0.476. The molecule has 1 unspecified atom stereocenters. The van der Waals surface area contributed by atoms with Gasteiger partial charge in [0, 0.05) is 31.3 Å². The molecule has 1 heterocycles. The quantitative estimate of drug-likeness (QED) is 0.863. The van der Waals surface area contributed by atoms with Crippen LogP contribution in [0, 0.1) is 5.92 Å². The van der Waals surface area contributed by atoms with Crippen LogP contribution in [0.3, 0.4) is 0 Å². The Kier molecular flexibility index (Phi) is 3.76. The summed E-state index contributed by atoms with van der Waals surface area (Å²) in [7, 11) is 1.77. The van der Waals surface area contributed by atoms with E-state index in [4.69, 9.17) is 4.74 Å². The van der Waals surface area contributed by atoms with Crippen molar-refractivity contribution < 1.29 is 4.74 Å². The van der Waals surface area contributed by atoms with Gasteiger partial charge < -0.3 is 10.1 Å². The maximum absolute atomic E-state index is 5.30. The van der Waals surface area contributed by atoms with E-state index in [1.807, 2.05) is 12.3 Å². The van der Waals surface area contributed by atoms with Crippen LogP contribution in [0.1, 0.15) is 18.4 Å². The van der Waals surface area contributed by atoms with Gasteiger partial charge in [-0.3, -0.25) is 4.98 Å². The van der Waals surface area contributed by atoms with E-state index in [2.05, 4.69) is 34.6 Å². The highest BCUT2D eigenvalue weighted by molar-refractivity contribution is 5.81. The smallest absolute Gasteiger partial charge is 0.0746 e. The highest BCUT2D eigenvalue weighted by Gasteiger charge is 2.30. The third-order valence-corrected chi connectivity index (χ3v) is 3.81. The average Bonchev–Trinajstić information content (AvgIpc) is 3.28. The highest BCUT2D eigenvalue weighted by Crippen LogP contribution is 2.33. The summed E-state index contributed by atoms with van der Waals surface area (Å²) in [5.41, 5.74) is 2.37. The predicted octanol–water partition coefficient (Wildman–Crippen LogP) is 2.75. The molecular formula is C16H20N2O. The van der Waals surface area contributed by atoms with E-state index >= 15 is 0 Å². The molecule has 1 fully saturated rings. The molecule has 0 amide bonds. The van der Waals surface area contributed by atoms with Gasteiger partial charge in [0.05, 0.1) is 12.1 Å². The first-order chi connectivity index (χ1) is 9.38. The number of nitrogens with zero attached hydrogens (tertiary/aromatic N) is 1. The Morgan fingerprint density at radius 2 is 2.16 bits per heavy atom. The Morgan fingerprint density at radius 1 is 1.32 bits per heavy atom. The molecule has 1 saturated carbocycles. The Morgan fingerprint density at radius 3 is 2.95 bits per heavy atom. The van der Waals surface area contributed by atoms with Crippen LogP contribution in [0.15, 0.2) is 36.5 Å². The average molecular weight is 256 g/mol. The number of methoxy groups -OCH3 is 1. The molecule has 1 aromatic carbocycles. The molecule has 100 valence electrons. The topological polar surface area (TPSA) is 34.1 Å². The number of aromatic nitrogens is 1. The van der Waals surface area contributed by atoms with E-state index in [0.717, 1.165) is 24.6 Å². The molecule has 0 bridgehead atoms. The number of para-hydroxylation sites is 1. The zero-order valence-corrected chi connectivity index (χ0v) is 11.3. The largest absolute Gasteiger partial charge is 0.383 e. The van der Waals surface area contributed by atoms with Crippen molar-refractivity contribution in [1.29, 1.82) is 0 Å². The van der Waals surface area contributed by atoms with Crippen LogP contribution in [0.4, 0.5) is 0 Å². The van der Waals surface area contributed by atoms with E-state index in [0.29, 0.717) is 6.04 Å². The van der Waals surface area contributed by atoms with Gasteiger partial charge in [0.2, 0.25) is 0 Å². The van der Waals surface area contributed by atoms with Gasteiger partial charge in [-0.2, -0.15) is 0 Å². The lowest BCUT2D eigenvalue weighted by atomic mass is 10.1. The molecule has 1 aliphatic rings. The summed E-state index contributed by atoms with van der Waals surface area (Å²) in [4.78, 5) is 4.49. The molecule has 0 spiro atoms. The van der Waals surface area contributed by atoms with Crippen molar-refractivity contribution in [2.45, 2.75) is 25.4 Å². The monoisotopic (exact) mass is 256 g/mol. The second kappa shape index (κ2) is 5.68. The summed E-state index contributed by atoms with van der Waals surface area (Å²) in [6, 6.07) is 10.9. The summed E-state index contributed by atoms with van der Waals surface area (Å²) in [6.45, 7) is 1.65. The zero-order valence-electron chi connectivity index (χ0n) is 11.3. The van der Waals surface area contributed by atoms with E-state index < -0.39 is 0 Å². The molecule has 1 aliphatic carbocycles. The molecule has 0 radical (unpaired) electrons. The Balaban J connectivity index is 1.74. The van der Waals surface area contributed by atoms with Crippen LogP contribution in [0.25, 0.3) is 10.9 Å². The van der Waals surface area contributed by atoms with Gasteiger partial charge in [0.1, 0.15) is 0 Å². The van der Waals surface area contributed by atoms with E-state index in [1.165, 1.54) is 23.8 Å². The lowest BCUT2D eigenvalue weighted by Crippen LogP contribution is -2.34. The minimum atomic E-state index is 0.476. The Hall–Kier alpha value is -1.45. The van der Waals surface area contributed by atoms with Crippen molar-refractivity contribution in [3.8, 4) is 0 Å². The van der Waals surface area contributed by atoms with Gasteiger partial charge in [-0.15, -0.1) is 0 Å². The number of ether oxygens (including phenoxy) is 1. The molecule has 1 aromatic heterocycles. The van der Waals surface area contributed by atoms with Gasteiger partial charge in [-0.25, -0.2) is 0 Å². The fourth-order valence-electron chi connectivity index (χ4n) is 2.59. The van der Waals surface area contributed by atoms with Crippen molar-refractivity contribution in [1.82, 2.24) is 10.3 Å². The lowest BCUT2D eigenvalue weighted by Gasteiger charge is -2.17. The van der Waals surface area contributed by atoms with Crippen molar-refractivity contribution in [3.63, 3.8) is 0 Å². The van der Waals surface area contributed by atoms with Gasteiger partial charge >= 0.3 is 0 Å². The van der Waals surface area contributed by atoms with Gasteiger partial charge in [0.25, 0.3) is 0 Å². The summed E-state index contributed by atoms with van der Waals surface area (Å²) >= 11 is 0. The number of pyridine rings is 1. The van der Waals surface area contributed by atoms with Crippen LogP contribution in [-0.4, -0.2) is 24.7 Å². The van der Waals surface area contributed by atoms with Crippen LogP contribution >= 0.6 is 0 Å². The summed E-state index contributed by atoms with van der Waals surface area (Å²) in [5, 5.41) is 4.83. The fraction of sp³-hybridized carbons (Fsp3) is 0.438. The molecule has 2 aromatic rings. The Bertz CT molecular complexity index is 546. The van der Waals surface area contributed by atoms with Crippen molar-refractivity contribution >= 4 is 10.9 Å². The second-order valence-electron chi connectivity index (χ2n) is 5.27. The maximum Gasteiger partial charge on any atom is 0.0746 e. The molecule has 0 saturated heterocycles. The third kappa shape index (κ3) is 2.94. The van der Waals surface area contributed by atoms with Crippen LogP contribution in [-0.2, 0) is 11.3 Å². The van der Waals surface area contributed by atoms with E-state index in [1.54, 1.807) is 7.11 Å². The minimum Gasteiger partial charge on any atom is -0.383 e. The number of fused-ring (bicyclic) bond motifs is 1. The molecule has 1 N–H and O–H groups in total. The summed E-state index contributed by atoms with van der Waals surface area (Å²) < 4.78 is 5.30. The van der Waals surface area contributed by atoms with Crippen molar-refractivity contribution in [2.75, 3.05) is 13.7 Å². The number of benzene rings is 1. The fourth-order valence-corrected chi connectivity index (χ4v) is 2.59. The number of rotatable bonds is 6. The molecule has 1 atom stereocenters. The van der Waals surface area contributed by atoms with Crippen LogP contribution in [0.5, 0.6) is 0 Å². The molecule has 19 heavy (non-hydrogen) atoms. The molecule has 0 aliphatic heterocycles. The summed E-state index contributed by atoms with van der Waals surface area (Å²) in [5.74, 6) is 0.794. The summed E-state index contributed by atoms with van der Waals surface area (Å²) in [6.07, 6.45) is 4.52. The number of nitrogens with one attached hydrogen (secondary N) is 1. The number of hydrogen-bond acceptors (Lipinski definition) is 3.